The first kappa shape index (κ1) is 19.2. The number of likely N-dealkylation sites (tertiary alicyclic amines) is 1. The summed E-state index contributed by atoms with van der Waals surface area (Å²) >= 11 is 10.6. The number of nitrogens with one attached hydrogen (secondary N) is 1. The molecule has 0 spiro atoms. The van der Waals surface area contributed by atoms with Crippen LogP contribution in [0.3, 0.4) is 0 Å². The molecular weight excluding hydrogens is 460 g/mol. The van der Waals surface area contributed by atoms with E-state index >= 15 is 0 Å². The summed E-state index contributed by atoms with van der Waals surface area (Å²) in [6.45, 7) is -0.0172. The van der Waals surface area contributed by atoms with Gasteiger partial charge in [0.25, 0.3) is 0 Å². The molecule has 2 saturated carbocycles. The molecule has 2 aliphatic heterocycles. The third-order valence-corrected chi connectivity index (χ3v) is 11.1. The van der Waals surface area contributed by atoms with Gasteiger partial charge in [-0.2, -0.15) is 0 Å². The Balaban J connectivity index is 1.40. The number of aliphatic carboxylic acids is 1. The fourth-order valence-electron chi connectivity index (χ4n) is 6.29. The van der Waals surface area contributed by atoms with Gasteiger partial charge in [0.05, 0.1) is 23.3 Å². The Morgan fingerprint density at radius 2 is 2.03 bits per heavy atom. The summed E-state index contributed by atoms with van der Waals surface area (Å²) in [4.78, 5) is 44.5. The number of carbonyl (C=O) groups is 3. The second kappa shape index (κ2) is 6.75. The van der Waals surface area contributed by atoms with E-state index in [1.165, 1.54) is 14.7 Å². The van der Waals surface area contributed by atoms with E-state index in [1.54, 1.807) is 34.4 Å². The molecular formula is C20H18N2O4S4. The van der Waals surface area contributed by atoms with E-state index in [0.29, 0.717) is 5.92 Å². The second-order valence-electron chi connectivity index (χ2n) is 8.45. The molecule has 10 heteroatoms. The summed E-state index contributed by atoms with van der Waals surface area (Å²) in [7, 11) is 0. The lowest BCUT2D eigenvalue weighted by Gasteiger charge is -2.42. The van der Waals surface area contributed by atoms with Gasteiger partial charge >= 0.3 is 5.97 Å². The number of aromatic nitrogens is 1. The summed E-state index contributed by atoms with van der Waals surface area (Å²) in [6.07, 6.45) is 0.707. The SMILES string of the molecule is O=C(O)CCN1C(=O)C2C3CC(C2C1=O)C1C(c2cccs2)c2sc(=S)[nH]c2SC31. The zero-order valence-electron chi connectivity index (χ0n) is 15.6. The summed E-state index contributed by atoms with van der Waals surface area (Å²) in [5.74, 6) is -1.09. The van der Waals surface area contributed by atoms with Crippen molar-refractivity contribution < 1.29 is 19.5 Å². The highest BCUT2D eigenvalue weighted by Crippen LogP contribution is 2.69. The van der Waals surface area contributed by atoms with Crippen molar-refractivity contribution in [3.05, 3.63) is 31.2 Å². The van der Waals surface area contributed by atoms with Crippen LogP contribution in [0.15, 0.2) is 22.5 Å². The van der Waals surface area contributed by atoms with Gasteiger partial charge in [0.2, 0.25) is 11.8 Å². The number of fused-ring (bicyclic) bond motifs is 9. The normalized spacial score (nSPS) is 36.1. The molecule has 30 heavy (non-hydrogen) atoms. The number of carbonyl (C=O) groups excluding carboxylic acids is 2. The van der Waals surface area contributed by atoms with Gasteiger partial charge in [0.15, 0.2) is 3.95 Å². The molecule has 4 heterocycles. The van der Waals surface area contributed by atoms with E-state index in [0.717, 1.165) is 15.4 Å². The van der Waals surface area contributed by atoms with Crippen LogP contribution >= 0.6 is 46.7 Å². The van der Waals surface area contributed by atoms with Crippen LogP contribution < -0.4 is 0 Å². The Morgan fingerprint density at radius 1 is 1.27 bits per heavy atom. The first-order valence-corrected chi connectivity index (χ1v) is 12.9. The van der Waals surface area contributed by atoms with Gasteiger partial charge in [-0.05, 0) is 47.8 Å². The maximum absolute atomic E-state index is 13.2. The number of nitrogens with zero attached hydrogens (tertiary/aromatic N) is 1. The summed E-state index contributed by atoms with van der Waals surface area (Å²) in [5.41, 5.74) is 0. The van der Waals surface area contributed by atoms with Crippen molar-refractivity contribution >= 4 is 64.4 Å². The lowest BCUT2D eigenvalue weighted by atomic mass is 9.69. The highest BCUT2D eigenvalue weighted by molar-refractivity contribution is 8.00. The molecule has 2 N–H and O–H groups in total. The molecule has 7 atom stereocenters. The summed E-state index contributed by atoms with van der Waals surface area (Å²) in [6, 6.07) is 4.23. The zero-order chi connectivity index (χ0) is 20.7. The van der Waals surface area contributed by atoms with Crippen molar-refractivity contribution in [1.82, 2.24) is 9.88 Å². The van der Waals surface area contributed by atoms with Crippen LogP contribution in [-0.2, 0) is 14.4 Å². The standard InChI is InChI=1S/C20H18N2O4S4/c23-10(24)3-4-22-18(25)12-7-6-8(13(12)19(22)26)15-11(7)14(9-2-1-5-28-9)16-17(29-15)21-20(27)30-16/h1-2,5,7-8,11-15H,3-4,6H2,(H,21,27)(H,23,24). The molecule has 0 aromatic carbocycles. The quantitative estimate of drug-likeness (QED) is 0.513. The van der Waals surface area contributed by atoms with Gasteiger partial charge in [0, 0.05) is 27.5 Å². The highest BCUT2D eigenvalue weighted by Gasteiger charge is 2.69. The molecule has 7 unspecified atom stereocenters. The van der Waals surface area contributed by atoms with Crippen molar-refractivity contribution in [2.75, 3.05) is 6.54 Å². The maximum atomic E-state index is 13.2. The minimum Gasteiger partial charge on any atom is -0.481 e. The highest BCUT2D eigenvalue weighted by atomic mass is 32.2. The van der Waals surface area contributed by atoms with Crippen LogP contribution in [0.2, 0.25) is 0 Å². The number of thioether (sulfide) groups is 1. The number of carboxylic acid groups (broad SMARTS) is 1. The molecule has 2 aromatic rings. The molecule has 4 aliphatic rings. The van der Waals surface area contributed by atoms with Gasteiger partial charge in [0.1, 0.15) is 0 Å². The lowest BCUT2D eigenvalue weighted by Crippen LogP contribution is -2.42. The number of hydrogen-bond acceptors (Lipinski definition) is 7. The van der Waals surface area contributed by atoms with Crippen LogP contribution in [0.1, 0.15) is 28.5 Å². The molecule has 3 fully saturated rings. The molecule has 2 aliphatic carbocycles. The molecule has 0 radical (unpaired) electrons. The third kappa shape index (κ3) is 2.53. The van der Waals surface area contributed by atoms with E-state index in [1.807, 2.05) is 0 Å². The Hall–Kier alpha value is -1.49. The number of imide groups is 1. The number of thiazole rings is 1. The van der Waals surface area contributed by atoms with Gasteiger partial charge in [-0.1, -0.05) is 6.07 Å². The average molecular weight is 479 g/mol. The van der Waals surface area contributed by atoms with Crippen LogP contribution in [-0.4, -0.2) is 44.6 Å². The molecule has 2 bridgehead atoms. The Morgan fingerprint density at radius 3 is 2.73 bits per heavy atom. The lowest BCUT2D eigenvalue weighted by molar-refractivity contribution is -0.142. The molecule has 6 nitrogen and oxygen atoms in total. The average Bonchev–Trinajstić information content (AvgIpc) is 3.48. The first-order chi connectivity index (χ1) is 14.5. The number of aromatic amines is 1. The fraction of sp³-hybridized carbons (Fsp3) is 0.500. The van der Waals surface area contributed by atoms with E-state index < -0.39 is 5.97 Å². The maximum Gasteiger partial charge on any atom is 0.305 e. The van der Waals surface area contributed by atoms with E-state index in [2.05, 4.69) is 22.5 Å². The Kier molecular flexibility index (Phi) is 4.32. The predicted octanol–water partition coefficient (Wildman–Crippen LogP) is 3.82. The van der Waals surface area contributed by atoms with E-state index in [9.17, 15) is 14.4 Å². The first-order valence-electron chi connectivity index (χ1n) is 9.95. The topological polar surface area (TPSA) is 90.5 Å². The minimum absolute atomic E-state index is 0.0172. The molecule has 2 amide bonds. The van der Waals surface area contributed by atoms with Gasteiger partial charge in [-0.3, -0.25) is 19.3 Å². The van der Waals surface area contributed by atoms with Crippen LogP contribution in [0.25, 0.3) is 0 Å². The van der Waals surface area contributed by atoms with Crippen LogP contribution in [0.4, 0.5) is 0 Å². The summed E-state index contributed by atoms with van der Waals surface area (Å²) in [5, 5.41) is 12.5. The van der Waals surface area contributed by atoms with Crippen molar-refractivity contribution in [3.8, 4) is 0 Å². The van der Waals surface area contributed by atoms with E-state index in [-0.39, 0.29) is 59.6 Å². The Bertz CT molecular complexity index is 1120. The number of hydrogen-bond donors (Lipinski definition) is 2. The van der Waals surface area contributed by atoms with Crippen LogP contribution in [0, 0.1) is 33.5 Å². The molecule has 156 valence electrons. The minimum atomic E-state index is -0.989. The van der Waals surface area contributed by atoms with Crippen molar-refractivity contribution in [3.63, 3.8) is 0 Å². The van der Waals surface area contributed by atoms with Crippen molar-refractivity contribution in [1.29, 1.82) is 0 Å². The second-order valence-corrected chi connectivity index (χ2v) is 12.3. The molecule has 2 aromatic heterocycles. The van der Waals surface area contributed by atoms with Gasteiger partial charge < -0.3 is 10.1 Å². The third-order valence-electron chi connectivity index (χ3n) is 7.21. The van der Waals surface area contributed by atoms with Crippen molar-refractivity contribution in [2.24, 2.45) is 29.6 Å². The molecule has 6 rings (SSSR count). The van der Waals surface area contributed by atoms with Gasteiger partial charge in [-0.25, -0.2) is 0 Å². The number of rotatable bonds is 4. The van der Waals surface area contributed by atoms with Gasteiger partial charge in [-0.15, -0.1) is 34.4 Å². The van der Waals surface area contributed by atoms with Crippen molar-refractivity contribution in [2.45, 2.75) is 29.0 Å². The fourth-order valence-corrected chi connectivity index (χ4v) is 10.6. The number of carboxylic acids is 1. The number of thiophene rings is 1. The van der Waals surface area contributed by atoms with E-state index in [4.69, 9.17) is 17.3 Å². The number of H-pyrrole nitrogens is 1. The summed E-state index contributed by atoms with van der Waals surface area (Å²) < 4.78 is 0.772. The predicted molar refractivity (Wildman–Crippen MR) is 116 cm³/mol. The number of amides is 2. The monoisotopic (exact) mass is 478 g/mol. The smallest absolute Gasteiger partial charge is 0.305 e. The largest absolute Gasteiger partial charge is 0.481 e. The zero-order valence-corrected chi connectivity index (χ0v) is 18.9. The molecule has 1 saturated heterocycles. The van der Waals surface area contributed by atoms with Crippen LogP contribution in [0.5, 0.6) is 0 Å². The Labute approximate surface area is 189 Å².